The second-order valence-corrected chi connectivity index (χ2v) is 5.29. The van der Waals surface area contributed by atoms with Crippen LogP contribution in [-0.4, -0.2) is 49.3 Å². The Kier molecular flexibility index (Phi) is 4.90. The van der Waals surface area contributed by atoms with Gasteiger partial charge in [0.1, 0.15) is 0 Å². The van der Waals surface area contributed by atoms with Crippen LogP contribution in [0.15, 0.2) is 22.7 Å². The fourth-order valence-corrected chi connectivity index (χ4v) is 1.84. The van der Waals surface area contributed by atoms with Crippen LogP contribution in [0.5, 0.6) is 0 Å². The molecule has 98 valence electrons. The van der Waals surface area contributed by atoms with Gasteiger partial charge in [-0.05, 0) is 35.0 Å². The number of carbonyl (C=O) groups is 2. The number of aryl methyl sites for hydroxylation is 1. The van der Waals surface area contributed by atoms with Gasteiger partial charge in [-0.15, -0.1) is 0 Å². The topological polar surface area (TPSA) is 40.6 Å². The Morgan fingerprint density at radius 1 is 1.22 bits per heavy atom. The lowest BCUT2D eigenvalue weighted by Crippen LogP contribution is -2.37. The second kappa shape index (κ2) is 6.00. The van der Waals surface area contributed by atoms with Gasteiger partial charge in [-0.2, -0.15) is 0 Å². The Hall–Kier alpha value is -1.36. The first-order chi connectivity index (χ1) is 8.32. The smallest absolute Gasteiger partial charge is 0.255 e. The number of amides is 2. The third kappa shape index (κ3) is 3.57. The minimum Gasteiger partial charge on any atom is -0.347 e. The average molecular weight is 313 g/mol. The molecule has 0 aliphatic carbocycles. The summed E-state index contributed by atoms with van der Waals surface area (Å²) in [4.78, 5) is 26.6. The van der Waals surface area contributed by atoms with Gasteiger partial charge >= 0.3 is 0 Å². The third-order valence-corrected chi connectivity index (χ3v) is 3.26. The van der Waals surface area contributed by atoms with E-state index in [0.717, 1.165) is 10.0 Å². The van der Waals surface area contributed by atoms with Crippen LogP contribution in [0.3, 0.4) is 0 Å². The first kappa shape index (κ1) is 14.7. The molecule has 0 aliphatic rings. The summed E-state index contributed by atoms with van der Waals surface area (Å²) in [7, 11) is 4.96. The van der Waals surface area contributed by atoms with Crippen LogP contribution >= 0.6 is 15.9 Å². The van der Waals surface area contributed by atoms with E-state index in [0.29, 0.717) is 5.56 Å². The van der Waals surface area contributed by atoms with Gasteiger partial charge in [0.25, 0.3) is 5.91 Å². The molecule has 18 heavy (non-hydrogen) atoms. The molecular formula is C13H17BrN2O2. The number of halogens is 1. The lowest BCUT2D eigenvalue weighted by molar-refractivity contribution is -0.129. The largest absolute Gasteiger partial charge is 0.347 e. The van der Waals surface area contributed by atoms with Crippen molar-refractivity contribution in [2.45, 2.75) is 6.92 Å². The molecule has 1 aromatic rings. The minimum atomic E-state index is -0.166. The van der Waals surface area contributed by atoms with Crippen LogP contribution in [0.2, 0.25) is 0 Å². The average Bonchev–Trinajstić information content (AvgIpc) is 2.31. The fourth-order valence-electron chi connectivity index (χ4n) is 1.42. The zero-order chi connectivity index (χ0) is 13.9. The molecule has 2 amide bonds. The van der Waals surface area contributed by atoms with Crippen LogP contribution in [0.25, 0.3) is 0 Å². The van der Waals surface area contributed by atoms with Crippen LogP contribution < -0.4 is 0 Å². The molecule has 1 rings (SSSR count). The number of likely N-dealkylation sites (N-methyl/N-ethyl adjacent to an activating group) is 2. The highest BCUT2D eigenvalue weighted by Gasteiger charge is 2.18. The summed E-state index contributed by atoms with van der Waals surface area (Å²) >= 11 is 3.35. The third-order valence-electron chi connectivity index (χ3n) is 2.57. The molecule has 0 saturated carbocycles. The number of hydrogen-bond donors (Lipinski definition) is 0. The molecule has 0 aromatic heterocycles. The summed E-state index contributed by atoms with van der Waals surface area (Å²) < 4.78 is 0.738. The van der Waals surface area contributed by atoms with E-state index >= 15 is 0 Å². The molecular weight excluding hydrogens is 296 g/mol. The zero-order valence-electron chi connectivity index (χ0n) is 11.0. The van der Waals surface area contributed by atoms with Crippen molar-refractivity contribution < 1.29 is 9.59 Å². The molecule has 0 unspecified atom stereocenters. The van der Waals surface area contributed by atoms with Crippen molar-refractivity contribution in [3.8, 4) is 0 Å². The van der Waals surface area contributed by atoms with Gasteiger partial charge in [-0.25, -0.2) is 0 Å². The SMILES string of the molecule is Cc1ccc(Br)c(C(=O)N(C)CC(=O)N(C)C)c1. The zero-order valence-corrected chi connectivity index (χ0v) is 12.6. The highest BCUT2D eigenvalue weighted by Crippen LogP contribution is 2.19. The number of nitrogens with zero attached hydrogens (tertiary/aromatic N) is 2. The van der Waals surface area contributed by atoms with E-state index in [9.17, 15) is 9.59 Å². The number of hydrogen-bond acceptors (Lipinski definition) is 2. The van der Waals surface area contributed by atoms with Crippen LogP contribution in [0, 0.1) is 6.92 Å². The van der Waals surface area contributed by atoms with E-state index in [1.807, 2.05) is 25.1 Å². The van der Waals surface area contributed by atoms with Gasteiger partial charge in [0, 0.05) is 25.6 Å². The van der Waals surface area contributed by atoms with Crippen molar-refractivity contribution in [2.24, 2.45) is 0 Å². The van der Waals surface area contributed by atoms with E-state index in [2.05, 4.69) is 15.9 Å². The summed E-state index contributed by atoms with van der Waals surface area (Å²) in [6, 6.07) is 5.57. The van der Waals surface area contributed by atoms with Gasteiger partial charge in [-0.1, -0.05) is 11.6 Å². The maximum absolute atomic E-state index is 12.2. The standard InChI is InChI=1S/C13H17BrN2O2/c1-9-5-6-11(14)10(7-9)13(18)16(4)8-12(17)15(2)3/h5-7H,8H2,1-4H3. The molecule has 0 radical (unpaired) electrons. The molecule has 0 bridgehead atoms. The van der Waals surface area contributed by atoms with Gasteiger partial charge < -0.3 is 9.80 Å². The Labute approximate surface area is 116 Å². The molecule has 0 fully saturated rings. The fraction of sp³-hybridized carbons (Fsp3) is 0.385. The van der Waals surface area contributed by atoms with Gasteiger partial charge in [-0.3, -0.25) is 9.59 Å². The van der Waals surface area contributed by atoms with Crippen molar-refractivity contribution in [1.82, 2.24) is 9.80 Å². The van der Waals surface area contributed by atoms with E-state index in [1.165, 1.54) is 9.80 Å². The summed E-state index contributed by atoms with van der Waals surface area (Å²) in [6.07, 6.45) is 0. The molecule has 0 atom stereocenters. The van der Waals surface area contributed by atoms with Gasteiger partial charge in [0.15, 0.2) is 0 Å². The first-order valence-corrected chi connectivity index (χ1v) is 6.34. The predicted octanol–water partition coefficient (Wildman–Crippen LogP) is 1.92. The molecule has 5 heteroatoms. The molecule has 0 N–H and O–H groups in total. The lowest BCUT2D eigenvalue weighted by atomic mass is 10.1. The molecule has 4 nitrogen and oxygen atoms in total. The summed E-state index contributed by atoms with van der Waals surface area (Å²) in [5.41, 5.74) is 1.58. The quantitative estimate of drug-likeness (QED) is 0.855. The van der Waals surface area contributed by atoms with E-state index in [-0.39, 0.29) is 18.4 Å². The van der Waals surface area contributed by atoms with E-state index in [1.54, 1.807) is 21.1 Å². The van der Waals surface area contributed by atoms with Crippen molar-refractivity contribution in [3.05, 3.63) is 33.8 Å². The molecule has 0 saturated heterocycles. The number of carbonyl (C=O) groups excluding carboxylic acids is 2. The predicted molar refractivity (Wildman–Crippen MR) is 74.5 cm³/mol. The number of benzene rings is 1. The summed E-state index contributed by atoms with van der Waals surface area (Å²) in [5.74, 6) is -0.268. The Bertz CT molecular complexity index is 472. The maximum atomic E-state index is 12.2. The Balaban J connectivity index is 2.87. The van der Waals surface area contributed by atoms with E-state index in [4.69, 9.17) is 0 Å². The Morgan fingerprint density at radius 2 is 1.83 bits per heavy atom. The summed E-state index contributed by atoms with van der Waals surface area (Å²) in [5, 5.41) is 0. The minimum absolute atomic E-state index is 0.0756. The number of rotatable bonds is 3. The normalized spacial score (nSPS) is 10.1. The van der Waals surface area contributed by atoms with Crippen molar-refractivity contribution in [2.75, 3.05) is 27.7 Å². The van der Waals surface area contributed by atoms with Crippen LogP contribution in [0.1, 0.15) is 15.9 Å². The van der Waals surface area contributed by atoms with Crippen LogP contribution in [0.4, 0.5) is 0 Å². The molecule has 0 aliphatic heterocycles. The highest BCUT2D eigenvalue weighted by atomic mass is 79.9. The molecule has 0 heterocycles. The first-order valence-electron chi connectivity index (χ1n) is 5.54. The lowest BCUT2D eigenvalue weighted by Gasteiger charge is -2.20. The van der Waals surface area contributed by atoms with Crippen molar-refractivity contribution in [3.63, 3.8) is 0 Å². The van der Waals surface area contributed by atoms with Crippen molar-refractivity contribution >= 4 is 27.7 Å². The second-order valence-electron chi connectivity index (χ2n) is 4.43. The maximum Gasteiger partial charge on any atom is 0.255 e. The van der Waals surface area contributed by atoms with Gasteiger partial charge in [0.05, 0.1) is 12.1 Å². The molecule has 1 aromatic carbocycles. The van der Waals surface area contributed by atoms with E-state index < -0.39 is 0 Å². The van der Waals surface area contributed by atoms with Crippen molar-refractivity contribution in [1.29, 1.82) is 0 Å². The highest BCUT2D eigenvalue weighted by molar-refractivity contribution is 9.10. The van der Waals surface area contributed by atoms with Gasteiger partial charge in [0.2, 0.25) is 5.91 Å². The monoisotopic (exact) mass is 312 g/mol. The van der Waals surface area contributed by atoms with Crippen LogP contribution in [-0.2, 0) is 4.79 Å². The Morgan fingerprint density at radius 3 is 2.39 bits per heavy atom. The molecule has 0 spiro atoms. The summed E-state index contributed by atoms with van der Waals surface area (Å²) in [6.45, 7) is 2.00.